The highest BCUT2D eigenvalue weighted by molar-refractivity contribution is 8.13. The van der Waals surface area contributed by atoms with E-state index in [1.165, 1.54) is 11.8 Å². The summed E-state index contributed by atoms with van der Waals surface area (Å²) in [5.74, 6) is 0.568. The number of nitrogens with zero attached hydrogens (tertiary/aromatic N) is 1. The molecule has 0 radical (unpaired) electrons. The molecule has 0 aliphatic heterocycles. The highest BCUT2D eigenvalue weighted by Gasteiger charge is 1.92. The average molecular weight is 160 g/mol. The van der Waals surface area contributed by atoms with Crippen LogP contribution < -0.4 is 5.32 Å². The van der Waals surface area contributed by atoms with Crippen LogP contribution in [0, 0.1) is 0 Å². The van der Waals surface area contributed by atoms with Gasteiger partial charge >= 0.3 is 0 Å². The Hall–Kier alpha value is -0.480. The third-order valence-corrected chi connectivity index (χ3v) is 1.61. The van der Waals surface area contributed by atoms with Crippen molar-refractivity contribution in [3.8, 4) is 0 Å². The molecule has 0 fully saturated rings. The van der Waals surface area contributed by atoms with Crippen molar-refractivity contribution in [2.24, 2.45) is 4.99 Å². The standard InChI is InChI=1S/C6H12N2OS/c1-5(7-2)8-6(4-9)10-3/h7,9H,1,4H2,2-3H3/b8-6-. The molecule has 0 rings (SSSR count). The van der Waals surface area contributed by atoms with Crippen molar-refractivity contribution in [2.75, 3.05) is 19.9 Å². The number of thioether (sulfide) groups is 1. The molecule has 2 N–H and O–H groups in total. The van der Waals surface area contributed by atoms with Crippen LogP contribution in [0.5, 0.6) is 0 Å². The Bertz CT molecular complexity index is 139. The molecular weight excluding hydrogens is 148 g/mol. The van der Waals surface area contributed by atoms with Crippen molar-refractivity contribution in [1.29, 1.82) is 0 Å². The lowest BCUT2D eigenvalue weighted by molar-refractivity contribution is 0.360. The second kappa shape index (κ2) is 5.32. The Morgan fingerprint density at radius 1 is 1.80 bits per heavy atom. The molecule has 10 heavy (non-hydrogen) atoms. The van der Waals surface area contributed by atoms with Crippen LogP contribution in [0.15, 0.2) is 17.4 Å². The zero-order valence-corrected chi connectivity index (χ0v) is 7.03. The largest absolute Gasteiger partial charge is 0.389 e. The number of rotatable bonds is 3. The SMILES string of the molecule is C=C(/N=C(/CO)SC)NC. The maximum atomic E-state index is 8.65. The molecule has 0 aliphatic rings. The van der Waals surface area contributed by atoms with E-state index in [4.69, 9.17) is 5.11 Å². The first-order chi connectivity index (χ1) is 4.74. The second-order valence-corrected chi connectivity index (χ2v) is 2.44. The van der Waals surface area contributed by atoms with Gasteiger partial charge in [-0.25, -0.2) is 4.99 Å². The zero-order chi connectivity index (χ0) is 7.98. The fourth-order valence-electron chi connectivity index (χ4n) is 0.352. The van der Waals surface area contributed by atoms with E-state index in [0.29, 0.717) is 10.9 Å². The van der Waals surface area contributed by atoms with E-state index < -0.39 is 0 Å². The van der Waals surface area contributed by atoms with Gasteiger partial charge in [0.05, 0.1) is 6.61 Å². The van der Waals surface area contributed by atoms with Crippen LogP contribution in [0.2, 0.25) is 0 Å². The summed E-state index contributed by atoms with van der Waals surface area (Å²) in [6.07, 6.45) is 1.86. The minimum Gasteiger partial charge on any atom is -0.389 e. The summed E-state index contributed by atoms with van der Waals surface area (Å²) in [5.41, 5.74) is 0. The van der Waals surface area contributed by atoms with E-state index in [-0.39, 0.29) is 6.61 Å². The predicted molar refractivity (Wildman–Crippen MR) is 46.2 cm³/mol. The fourth-order valence-corrected chi connectivity index (χ4v) is 0.683. The van der Waals surface area contributed by atoms with E-state index in [1.807, 2.05) is 6.26 Å². The Morgan fingerprint density at radius 3 is 2.70 bits per heavy atom. The Balaban J connectivity index is 3.96. The van der Waals surface area contributed by atoms with Crippen molar-refractivity contribution < 1.29 is 5.11 Å². The van der Waals surface area contributed by atoms with Crippen molar-refractivity contribution in [2.45, 2.75) is 0 Å². The summed E-state index contributed by atoms with van der Waals surface area (Å²) in [6, 6.07) is 0. The zero-order valence-electron chi connectivity index (χ0n) is 6.22. The molecule has 0 spiro atoms. The van der Waals surface area contributed by atoms with Gasteiger partial charge in [-0.3, -0.25) is 0 Å². The van der Waals surface area contributed by atoms with Crippen LogP contribution in [0.25, 0.3) is 0 Å². The summed E-state index contributed by atoms with van der Waals surface area (Å²) in [4.78, 5) is 3.96. The van der Waals surface area contributed by atoms with Crippen molar-refractivity contribution in [3.63, 3.8) is 0 Å². The molecule has 0 atom stereocenters. The highest BCUT2D eigenvalue weighted by atomic mass is 32.2. The van der Waals surface area contributed by atoms with E-state index in [1.54, 1.807) is 7.05 Å². The normalized spacial score (nSPS) is 11.3. The lowest BCUT2D eigenvalue weighted by atomic mass is 10.7. The van der Waals surface area contributed by atoms with Gasteiger partial charge in [0.25, 0.3) is 0 Å². The minimum atomic E-state index is -0.0259. The topological polar surface area (TPSA) is 44.6 Å². The van der Waals surface area contributed by atoms with Crippen LogP contribution in [-0.4, -0.2) is 30.1 Å². The molecular formula is C6H12N2OS. The second-order valence-electron chi connectivity index (χ2n) is 1.56. The van der Waals surface area contributed by atoms with Crippen molar-refractivity contribution in [1.82, 2.24) is 5.32 Å². The lowest BCUT2D eigenvalue weighted by Gasteiger charge is -1.99. The molecule has 4 heteroatoms. The number of aliphatic imine (C=N–C) groups is 1. The number of aliphatic hydroxyl groups is 1. The molecule has 0 aromatic heterocycles. The first-order valence-corrected chi connectivity index (χ1v) is 4.06. The fraction of sp³-hybridized carbons (Fsp3) is 0.500. The summed E-state index contributed by atoms with van der Waals surface area (Å²) in [7, 11) is 1.74. The molecule has 0 saturated heterocycles. The smallest absolute Gasteiger partial charge is 0.119 e. The van der Waals surface area contributed by atoms with Gasteiger partial charge in [-0.05, 0) is 6.26 Å². The molecule has 58 valence electrons. The molecule has 0 amide bonds. The van der Waals surface area contributed by atoms with E-state index in [9.17, 15) is 0 Å². The monoisotopic (exact) mass is 160 g/mol. The molecule has 0 aromatic rings. The molecule has 0 aliphatic carbocycles. The predicted octanol–water partition coefficient (Wildman–Crippen LogP) is 0.431. The maximum Gasteiger partial charge on any atom is 0.119 e. The quantitative estimate of drug-likeness (QED) is 0.465. The third kappa shape index (κ3) is 3.53. The molecule has 0 unspecified atom stereocenters. The van der Waals surface area contributed by atoms with Crippen LogP contribution >= 0.6 is 11.8 Å². The van der Waals surface area contributed by atoms with Gasteiger partial charge in [0.2, 0.25) is 0 Å². The number of hydrogen-bond acceptors (Lipinski definition) is 4. The molecule has 0 saturated carbocycles. The highest BCUT2D eigenvalue weighted by Crippen LogP contribution is 1.99. The van der Waals surface area contributed by atoms with Crippen molar-refractivity contribution >= 4 is 16.8 Å². The molecule has 0 bridgehead atoms. The Kier molecular flexibility index (Phi) is 5.06. The van der Waals surface area contributed by atoms with Gasteiger partial charge in [-0.2, -0.15) is 0 Å². The molecule has 0 heterocycles. The molecule has 0 aromatic carbocycles. The van der Waals surface area contributed by atoms with Gasteiger partial charge < -0.3 is 10.4 Å². The van der Waals surface area contributed by atoms with Crippen molar-refractivity contribution in [3.05, 3.63) is 12.4 Å². The van der Waals surface area contributed by atoms with Gasteiger partial charge in [0.1, 0.15) is 10.9 Å². The lowest BCUT2D eigenvalue weighted by Crippen LogP contribution is -2.06. The van der Waals surface area contributed by atoms with Crippen LogP contribution in [-0.2, 0) is 0 Å². The van der Waals surface area contributed by atoms with Gasteiger partial charge in [0.15, 0.2) is 0 Å². The van der Waals surface area contributed by atoms with E-state index in [2.05, 4.69) is 16.9 Å². The average Bonchev–Trinajstić information content (AvgIpc) is 1.99. The molecule has 3 nitrogen and oxygen atoms in total. The van der Waals surface area contributed by atoms with E-state index in [0.717, 1.165) is 0 Å². The first kappa shape index (κ1) is 9.52. The number of aliphatic hydroxyl groups excluding tert-OH is 1. The third-order valence-electron chi connectivity index (χ3n) is 0.919. The number of nitrogens with one attached hydrogen (secondary N) is 1. The Labute approximate surface area is 65.2 Å². The first-order valence-electron chi connectivity index (χ1n) is 2.83. The van der Waals surface area contributed by atoms with Crippen LogP contribution in [0.4, 0.5) is 0 Å². The summed E-state index contributed by atoms with van der Waals surface area (Å²) in [5, 5.41) is 12.1. The van der Waals surface area contributed by atoms with Gasteiger partial charge in [-0.1, -0.05) is 6.58 Å². The minimum absolute atomic E-state index is 0.0259. The summed E-state index contributed by atoms with van der Waals surface area (Å²) >= 11 is 1.41. The van der Waals surface area contributed by atoms with Crippen LogP contribution in [0.1, 0.15) is 0 Å². The van der Waals surface area contributed by atoms with Gasteiger partial charge in [0, 0.05) is 7.05 Å². The summed E-state index contributed by atoms with van der Waals surface area (Å²) in [6.45, 7) is 3.56. The van der Waals surface area contributed by atoms with Gasteiger partial charge in [-0.15, -0.1) is 11.8 Å². The number of hydrogen-bond donors (Lipinski definition) is 2. The van der Waals surface area contributed by atoms with Crippen LogP contribution in [0.3, 0.4) is 0 Å². The van der Waals surface area contributed by atoms with E-state index >= 15 is 0 Å². The maximum absolute atomic E-state index is 8.65. The Morgan fingerprint density at radius 2 is 2.40 bits per heavy atom. The summed E-state index contributed by atoms with van der Waals surface area (Å²) < 4.78 is 0.